The van der Waals surface area contributed by atoms with Crippen LogP contribution in [0.2, 0.25) is 5.02 Å². The van der Waals surface area contributed by atoms with Gasteiger partial charge in [0, 0.05) is 11.2 Å². The zero-order valence-corrected chi connectivity index (χ0v) is 15.2. The molecule has 1 amide bonds. The summed E-state index contributed by atoms with van der Waals surface area (Å²) in [4.78, 5) is 12.3. The molecule has 0 saturated carbocycles. The van der Waals surface area contributed by atoms with Gasteiger partial charge in [-0.15, -0.1) is 0 Å². The minimum Gasteiger partial charge on any atom is -0.321 e. The van der Waals surface area contributed by atoms with E-state index in [1.54, 1.807) is 10.9 Å². The Morgan fingerprint density at radius 2 is 2.08 bits per heavy atom. The predicted octanol–water partition coefficient (Wildman–Crippen LogP) is 3.35. The third-order valence-corrected chi connectivity index (χ3v) is 4.17. The summed E-state index contributed by atoms with van der Waals surface area (Å²) < 4.78 is 3.49. The van der Waals surface area contributed by atoms with Gasteiger partial charge >= 0.3 is 0 Å². The number of nitrogens with zero attached hydrogens (tertiary/aromatic N) is 4. The molecule has 0 atom stereocenters. The fourth-order valence-corrected chi connectivity index (χ4v) is 2.93. The lowest BCUT2D eigenvalue weighted by atomic mass is 10.2. The number of halogens is 1. The van der Waals surface area contributed by atoms with Crippen molar-refractivity contribution in [2.75, 3.05) is 5.32 Å². The van der Waals surface area contributed by atoms with Gasteiger partial charge in [0.15, 0.2) is 0 Å². The summed E-state index contributed by atoms with van der Waals surface area (Å²) in [7, 11) is 0. The van der Waals surface area contributed by atoms with Gasteiger partial charge < -0.3 is 5.32 Å². The number of carbonyl (C=O) groups is 1. The van der Waals surface area contributed by atoms with Crippen LogP contribution in [-0.4, -0.2) is 25.5 Å². The number of hydrogen-bond acceptors (Lipinski definition) is 3. The average molecular weight is 358 g/mol. The Balaban J connectivity index is 1.74. The second-order valence-electron chi connectivity index (χ2n) is 6.10. The number of hydrogen-bond donors (Lipinski definition) is 1. The average Bonchev–Trinajstić information content (AvgIpc) is 3.06. The van der Waals surface area contributed by atoms with Crippen LogP contribution in [0.1, 0.15) is 22.5 Å². The molecule has 0 bridgehead atoms. The van der Waals surface area contributed by atoms with E-state index in [1.165, 1.54) is 0 Å². The first kappa shape index (κ1) is 17.2. The molecule has 0 aliphatic heterocycles. The number of rotatable bonds is 5. The molecule has 1 aromatic carbocycles. The Morgan fingerprint density at radius 1 is 1.28 bits per heavy atom. The van der Waals surface area contributed by atoms with Gasteiger partial charge in [-0.1, -0.05) is 23.7 Å². The molecule has 3 rings (SSSR count). The molecule has 0 aliphatic rings. The summed E-state index contributed by atoms with van der Waals surface area (Å²) in [6, 6.07) is 7.67. The molecule has 7 heteroatoms. The number of amides is 1. The van der Waals surface area contributed by atoms with Gasteiger partial charge in [0.25, 0.3) is 0 Å². The molecule has 25 heavy (non-hydrogen) atoms. The Hall–Kier alpha value is -2.60. The Labute approximate surface area is 151 Å². The van der Waals surface area contributed by atoms with Crippen LogP contribution in [0.15, 0.2) is 36.7 Å². The maximum atomic E-state index is 12.3. The molecule has 2 aromatic heterocycles. The van der Waals surface area contributed by atoms with Crippen molar-refractivity contribution < 1.29 is 4.79 Å². The molecule has 0 saturated heterocycles. The molecule has 6 nitrogen and oxygen atoms in total. The zero-order valence-electron chi connectivity index (χ0n) is 14.5. The van der Waals surface area contributed by atoms with E-state index in [4.69, 9.17) is 11.6 Å². The van der Waals surface area contributed by atoms with Gasteiger partial charge in [-0.2, -0.15) is 10.2 Å². The highest BCUT2D eigenvalue weighted by Crippen LogP contribution is 2.21. The van der Waals surface area contributed by atoms with Gasteiger partial charge in [-0.05, 0) is 44.0 Å². The molecule has 0 spiro atoms. The summed E-state index contributed by atoms with van der Waals surface area (Å²) in [5.41, 5.74) is 4.51. The fraction of sp³-hybridized carbons (Fsp3) is 0.278. The smallest absolute Gasteiger partial charge is 0.246 e. The van der Waals surface area contributed by atoms with Crippen molar-refractivity contribution in [1.29, 1.82) is 0 Å². The number of nitrogens with one attached hydrogen (secondary N) is 1. The zero-order chi connectivity index (χ0) is 18.0. The van der Waals surface area contributed by atoms with Crippen LogP contribution in [-0.2, 0) is 17.9 Å². The Kier molecular flexibility index (Phi) is 4.90. The van der Waals surface area contributed by atoms with E-state index in [2.05, 4.69) is 15.5 Å². The van der Waals surface area contributed by atoms with Crippen LogP contribution in [0.25, 0.3) is 0 Å². The molecule has 0 radical (unpaired) electrons. The van der Waals surface area contributed by atoms with E-state index in [-0.39, 0.29) is 12.5 Å². The van der Waals surface area contributed by atoms with E-state index < -0.39 is 0 Å². The van der Waals surface area contributed by atoms with Gasteiger partial charge in [0.2, 0.25) is 5.91 Å². The topological polar surface area (TPSA) is 64.7 Å². The third kappa shape index (κ3) is 4.09. The molecule has 130 valence electrons. The molecular formula is C18H20ClN5O. The van der Waals surface area contributed by atoms with Crippen LogP contribution < -0.4 is 5.32 Å². The molecule has 1 N–H and O–H groups in total. The van der Waals surface area contributed by atoms with Crippen molar-refractivity contribution in [1.82, 2.24) is 19.6 Å². The lowest BCUT2D eigenvalue weighted by Crippen LogP contribution is -2.19. The van der Waals surface area contributed by atoms with Gasteiger partial charge in [-0.25, -0.2) is 0 Å². The quantitative estimate of drug-likeness (QED) is 0.761. The monoisotopic (exact) mass is 357 g/mol. The van der Waals surface area contributed by atoms with Crippen molar-refractivity contribution >= 4 is 23.2 Å². The van der Waals surface area contributed by atoms with Gasteiger partial charge in [-0.3, -0.25) is 14.2 Å². The lowest BCUT2D eigenvalue weighted by Gasteiger charge is -2.08. The summed E-state index contributed by atoms with van der Waals surface area (Å²) in [6.45, 7) is 6.54. The Bertz CT molecular complexity index is 912. The molecule has 3 aromatic rings. The van der Waals surface area contributed by atoms with E-state index in [9.17, 15) is 4.79 Å². The second-order valence-corrected chi connectivity index (χ2v) is 6.53. The third-order valence-electron chi connectivity index (χ3n) is 3.94. The highest BCUT2D eigenvalue weighted by molar-refractivity contribution is 6.30. The van der Waals surface area contributed by atoms with Crippen molar-refractivity contribution in [2.24, 2.45) is 0 Å². The fourth-order valence-electron chi connectivity index (χ4n) is 2.72. The van der Waals surface area contributed by atoms with Crippen LogP contribution in [0.3, 0.4) is 0 Å². The minimum absolute atomic E-state index is 0.128. The van der Waals surface area contributed by atoms with Crippen molar-refractivity contribution in [3.05, 3.63) is 64.2 Å². The lowest BCUT2D eigenvalue weighted by molar-refractivity contribution is -0.116. The van der Waals surface area contributed by atoms with Crippen molar-refractivity contribution in [2.45, 2.75) is 33.9 Å². The highest BCUT2D eigenvalue weighted by Gasteiger charge is 2.15. The van der Waals surface area contributed by atoms with Crippen LogP contribution in [0.4, 0.5) is 5.69 Å². The van der Waals surface area contributed by atoms with Crippen molar-refractivity contribution in [3.8, 4) is 0 Å². The van der Waals surface area contributed by atoms with Crippen molar-refractivity contribution in [3.63, 3.8) is 0 Å². The normalized spacial score (nSPS) is 10.9. The minimum atomic E-state index is -0.128. The number of aromatic nitrogens is 4. The first-order valence-electron chi connectivity index (χ1n) is 7.99. The van der Waals surface area contributed by atoms with Gasteiger partial charge in [0.05, 0.1) is 29.8 Å². The number of benzene rings is 1. The number of anilines is 1. The largest absolute Gasteiger partial charge is 0.321 e. The first-order chi connectivity index (χ1) is 11.9. The predicted molar refractivity (Wildman–Crippen MR) is 97.8 cm³/mol. The van der Waals surface area contributed by atoms with E-state index in [0.29, 0.717) is 11.6 Å². The summed E-state index contributed by atoms with van der Waals surface area (Å²) in [5.74, 6) is -0.128. The SMILES string of the molecule is Cc1cnn(CC(=O)Nc2c(C)nn(Cc3cccc(Cl)c3)c2C)c1. The molecule has 0 aliphatic carbocycles. The maximum absolute atomic E-state index is 12.3. The molecule has 2 heterocycles. The summed E-state index contributed by atoms with van der Waals surface area (Å²) in [5, 5.41) is 12.3. The molecular weight excluding hydrogens is 338 g/mol. The van der Waals surface area contributed by atoms with Crippen LogP contribution >= 0.6 is 11.6 Å². The summed E-state index contributed by atoms with van der Waals surface area (Å²) in [6.07, 6.45) is 3.56. The maximum Gasteiger partial charge on any atom is 0.246 e. The molecule has 0 unspecified atom stereocenters. The summed E-state index contributed by atoms with van der Waals surface area (Å²) >= 11 is 6.04. The molecule has 0 fully saturated rings. The highest BCUT2D eigenvalue weighted by atomic mass is 35.5. The Morgan fingerprint density at radius 3 is 2.76 bits per heavy atom. The van der Waals surface area contributed by atoms with E-state index >= 15 is 0 Å². The van der Waals surface area contributed by atoms with E-state index in [1.807, 2.05) is 55.9 Å². The number of carbonyl (C=O) groups excluding carboxylic acids is 1. The van der Waals surface area contributed by atoms with Gasteiger partial charge in [0.1, 0.15) is 6.54 Å². The number of aryl methyl sites for hydroxylation is 2. The first-order valence-corrected chi connectivity index (χ1v) is 8.37. The second kappa shape index (κ2) is 7.11. The van der Waals surface area contributed by atoms with Crippen LogP contribution in [0.5, 0.6) is 0 Å². The standard InChI is InChI=1S/C18H20ClN5O/c1-12-8-20-23(9-12)11-17(25)21-18-13(2)22-24(14(18)3)10-15-5-4-6-16(19)7-15/h4-9H,10-11H2,1-3H3,(H,21,25). The van der Waals surface area contributed by atoms with E-state index in [0.717, 1.165) is 28.2 Å². The van der Waals surface area contributed by atoms with Crippen LogP contribution in [0, 0.1) is 20.8 Å².